The van der Waals surface area contributed by atoms with E-state index in [4.69, 9.17) is 4.74 Å². The summed E-state index contributed by atoms with van der Waals surface area (Å²) in [6, 6.07) is 0. The minimum absolute atomic E-state index is 0. The monoisotopic (exact) mass is 427 g/mol. The zero-order valence-corrected chi connectivity index (χ0v) is 16.5. The zero-order chi connectivity index (χ0) is 15.3. The van der Waals surface area contributed by atoms with Gasteiger partial charge in [-0.2, -0.15) is 0 Å². The number of nitrogens with zero attached hydrogens (tertiary/aromatic N) is 1. The minimum atomic E-state index is -0.515. The number of halogens is 1. The zero-order valence-electron chi connectivity index (χ0n) is 14.1. The van der Waals surface area contributed by atoms with E-state index in [2.05, 4.69) is 22.5 Å². The predicted octanol–water partition coefficient (Wildman–Crippen LogP) is 2.53. The van der Waals surface area contributed by atoms with Crippen LogP contribution in [0.15, 0.2) is 4.99 Å². The van der Waals surface area contributed by atoms with E-state index in [1.807, 2.05) is 6.92 Å². The van der Waals surface area contributed by atoms with Crippen molar-refractivity contribution in [3.8, 4) is 0 Å². The molecule has 1 aliphatic carbocycles. The number of aliphatic hydroxyl groups is 1. The van der Waals surface area contributed by atoms with Crippen molar-refractivity contribution in [1.29, 1.82) is 0 Å². The first-order valence-electron chi connectivity index (χ1n) is 8.54. The minimum Gasteiger partial charge on any atom is -0.389 e. The number of unbranched alkanes of at least 4 members (excludes halogenated alkanes) is 3. The lowest BCUT2D eigenvalue weighted by atomic mass is 10.2. The molecule has 0 aromatic rings. The summed E-state index contributed by atoms with van der Waals surface area (Å²) in [7, 11) is 0. The molecule has 0 aromatic carbocycles. The van der Waals surface area contributed by atoms with Crippen molar-refractivity contribution in [1.82, 2.24) is 10.6 Å². The van der Waals surface area contributed by atoms with Crippen molar-refractivity contribution in [2.75, 3.05) is 32.8 Å². The van der Waals surface area contributed by atoms with E-state index in [0.717, 1.165) is 38.0 Å². The fraction of sp³-hybridized carbons (Fsp3) is 0.938. The predicted molar refractivity (Wildman–Crippen MR) is 103 cm³/mol. The third-order valence-electron chi connectivity index (χ3n) is 3.49. The van der Waals surface area contributed by atoms with Crippen LogP contribution < -0.4 is 10.6 Å². The summed E-state index contributed by atoms with van der Waals surface area (Å²) in [5.74, 6) is 1.53. The standard InChI is InChI=1S/C16H33N3O2.HI/c1-3-5-6-7-10-18-16(17-4-2)19-11-15(20)13-21-12-14-8-9-14;/h14-15,20H,3-13H2,1-2H3,(H2,17,18,19);1H. The molecule has 3 N–H and O–H groups in total. The van der Waals surface area contributed by atoms with Gasteiger partial charge in [0.2, 0.25) is 0 Å². The third kappa shape index (κ3) is 12.5. The highest BCUT2D eigenvalue weighted by Crippen LogP contribution is 2.28. The van der Waals surface area contributed by atoms with Crippen LogP contribution in [0.25, 0.3) is 0 Å². The summed E-state index contributed by atoms with van der Waals surface area (Å²) in [4.78, 5) is 4.41. The lowest BCUT2D eigenvalue weighted by molar-refractivity contribution is 0.0368. The SMILES string of the molecule is CCCCCCNC(=NCC(O)COCC1CC1)NCC.I. The van der Waals surface area contributed by atoms with Crippen molar-refractivity contribution < 1.29 is 9.84 Å². The normalized spacial score (nSPS) is 16.0. The molecule has 0 aromatic heterocycles. The fourth-order valence-corrected chi connectivity index (χ4v) is 2.00. The van der Waals surface area contributed by atoms with Gasteiger partial charge in [-0.05, 0) is 32.1 Å². The molecule has 1 aliphatic rings. The van der Waals surface area contributed by atoms with Gasteiger partial charge in [-0.1, -0.05) is 26.2 Å². The molecular weight excluding hydrogens is 393 g/mol. The molecule has 5 nitrogen and oxygen atoms in total. The average molecular weight is 427 g/mol. The number of aliphatic imine (C=N–C) groups is 1. The highest BCUT2D eigenvalue weighted by atomic mass is 127. The average Bonchev–Trinajstić information content (AvgIpc) is 3.28. The van der Waals surface area contributed by atoms with Gasteiger partial charge in [-0.25, -0.2) is 0 Å². The molecule has 0 amide bonds. The van der Waals surface area contributed by atoms with Crippen molar-refractivity contribution in [2.24, 2.45) is 10.9 Å². The molecule has 0 spiro atoms. The van der Waals surface area contributed by atoms with Gasteiger partial charge in [-0.15, -0.1) is 24.0 Å². The maximum Gasteiger partial charge on any atom is 0.191 e. The highest BCUT2D eigenvalue weighted by molar-refractivity contribution is 14.0. The van der Waals surface area contributed by atoms with Crippen LogP contribution in [0.5, 0.6) is 0 Å². The molecule has 0 radical (unpaired) electrons. The second-order valence-electron chi connectivity index (χ2n) is 5.84. The summed E-state index contributed by atoms with van der Waals surface area (Å²) >= 11 is 0. The largest absolute Gasteiger partial charge is 0.389 e. The molecule has 1 rings (SSSR count). The Morgan fingerprint density at radius 1 is 1.23 bits per heavy atom. The molecule has 0 heterocycles. The number of ether oxygens (including phenoxy) is 1. The number of rotatable bonds is 12. The van der Waals surface area contributed by atoms with Crippen LogP contribution in [0.4, 0.5) is 0 Å². The van der Waals surface area contributed by atoms with Crippen LogP contribution >= 0.6 is 24.0 Å². The Morgan fingerprint density at radius 3 is 2.64 bits per heavy atom. The number of aliphatic hydroxyl groups excluding tert-OH is 1. The Bertz CT molecular complexity index is 287. The van der Waals surface area contributed by atoms with Gasteiger partial charge in [-0.3, -0.25) is 4.99 Å². The van der Waals surface area contributed by atoms with Gasteiger partial charge < -0.3 is 20.5 Å². The topological polar surface area (TPSA) is 65.9 Å². The van der Waals surface area contributed by atoms with Crippen molar-refractivity contribution >= 4 is 29.9 Å². The number of hydrogen-bond donors (Lipinski definition) is 3. The lowest BCUT2D eigenvalue weighted by Crippen LogP contribution is -2.38. The van der Waals surface area contributed by atoms with Crippen LogP contribution in [-0.2, 0) is 4.74 Å². The highest BCUT2D eigenvalue weighted by Gasteiger charge is 2.21. The summed E-state index contributed by atoms with van der Waals surface area (Å²) in [6.45, 7) is 7.58. The van der Waals surface area contributed by atoms with E-state index in [-0.39, 0.29) is 24.0 Å². The Hall–Kier alpha value is -0.0800. The Labute approximate surface area is 152 Å². The molecule has 22 heavy (non-hydrogen) atoms. The third-order valence-corrected chi connectivity index (χ3v) is 3.49. The van der Waals surface area contributed by atoms with Crippen LogP contribution in [0.2, 0.25) is 0 Å². The molecule has 1 atom stereocenters. The van der Waals surface area contributed by atoms with E-state index in [1.54, 1.807) is 0 Å². The summed E-state index contributed by atoms with van der Waals surface area (Å²) in [5.41, 5.74) is 0. The Morgan fingerprint density at radius 2 is 2.00 bits per heavy atom. The smallest absolute Gasteiger partial charge is 0.191 e. The molecule has 1 unspecified atom stereocenters. The Balaban J connectivity index is 0.00000441. The molecule has 0 aliphatic heterocycles. The lowest BCUT2D eigenvalue weighted by Gasteiger charge is -2.13. The second-order valence-corrected chi connectivity index (χ2v) is 5.84. The van der Waals surface area contributed by atoms with Crippen LogP contribution in [0.3, 0.4) is 0 Å². The number of hydrogen-bond acceptors (Lipinski definition) is 3. The first-order chi connectivity index (χ1) is 10.3. The summed E-state index contributed by atoms with van der Waals surface area (Å²) in [6.07, 6.45) is 6.99. The molecule has 1 fully saturated rings. The number of guanidine groups is 1. The van der Waals surface area contributed by atoms with E-state index in [0.29, 0.717) is 13.2 Å². The van der Waals surface area contributed by atoms with Crippen molar-refractivity contribution in [3.63, 3.8) is 0 Å². The maximum absolute atomic E-state index is 9.85. The summed E-state index contributed by atoms with van der Waals surface area (Å²) < 4.78 is 5.48. The second kappa shape index (κ2) is 14.5. The molecular formula is C16H34IN3O2. The van der Waals surface area contributed by atoms with Gasteiger partial charge in [0.1, 0.15) is 0 Å². The number of nitrogens with one attached hydrogen (secondary N) is 2. The van der Waals surface area contributed by atoms with Gasteiger partial charge in [0.15, 0.2) is 5.96 Å². The van der Waals surface area contributed by atoms with Gasteiger partial charge in [0, 0.05) is 19.7 Å². The quantitative estimate of drug-likeness (QED) is 0.194. The van der Waals surface area contributed by atoms with Crippen molar-refractivity contribution in [3.05, 3.63) is 0 Å². The van der Waals surface area contributed by atoms with Gasteiger partial charge >= 0.3 is 0 Å². The van der Waals surface area contributed by atoms with Gasteiger partial charge in [0.25, 0.3) is 0 Å². The van der Waals surface area contributed by atoms with E-state index in [1.165, 1.54) is 32.1 Å². The van der Waals surface area contributed by atoms with E-state index < -0.39 is 6.10 Å². The molecule has 0 bridgehead atoms. The maximum atomic E-state index is 9.85. The fourth-order valence-electron chi connectivity index (χ4n) is 2.00. The van der Waals surface area contributed by atoms with Crippen LogP contribution in [-0.4, -0.2) is 50.0 Å². The molecule has 1 saturated carbocycles. The van der Waals surface area contributed by atoms with Gasteiger partial charge in [0.05, 0.1) is 19.3 Å². The van der Waals surface area contributed by atoms with Crippen LogP contribution in [0.1, 0.15) is 52.4 Å². The van der Waals surface area contributed by atoms with Crippen molar-refractivity contribution in [2.45, 2.75) is 58.5 Å². The molecule has 6 heteroatoms. The van der Waals surface area contributed by atoms with E-state index >= 15 is 0 Å². The Kier molecular flexibility index (Phi) is 14.5. The van der Waals surface area contributed by atoms with Crippen LogP contribution in [0, 0.1) is 5.92 Å². The molecule has 0 saturated heterocycles. The first-order valence-corrected chi connectivity index (χ1v) is 8.54. The molecule has 132 valence electrons. The summed E-state index contributed by atoms with van der Waals surface area (Å²) in [5, 5.41) is 16.4. The first kappa shape index (κ1) is 21.9. The van der Waals surface area contributed by atoms with E-state index in [9.17, 15) is 5.11 Å².